The van der Waals surface area contributed by atoms with Gasteiger partial charge in [0.05, 0.1) is 11.3 Å². The fourth-order valence-corrected chi connectivity index (χ4v) is 4.27. The Bertz CT molecular complexity index is 486. The first kappa shape index (κ1) is 12.5. The van der Waals surface area contributed by atoms with Crippen LogP contribution in [0.3, 0.4) is 0 Å². The molecule has 1 aromatic rings. The summed E-state index contributed by atoms with van der Waals surface area (Å²) in [7, 11) is -3.15. The van der Waals surface area contributed by atoms with E-state index in [-0.39, 0.29) is 12.3 Å². The van der Waals surface area contributed by atoms with E-state index in [1.54, 1.807) is 4.31 Å². The number of sulfonamides is 1. The van der Waals surface area contributed by atoms with Gasteiger partial charge in [0.1, 0.15) is 0 Å². The van der Waals surface area contributed by atoms with Crippen LogP contribution in [0.2, 0.25) is 0 Å². The van der Waals surface area contributed by atoms with Crippen LogP contribution in [-0.4, -0.2) is 31.6 Å². The van der Waals surface area contributed by atoms with Crippen LogP contribution < -0.4 is 5.73 Å². The van der Waals surface area contributed by atoms with Crippen LogP contribution in [0.15, 0.2) is 30.3 Å². The summed E-state index contributed by atoms with van der Waals surface area (Å²) in [5, 5.41) is 0. The standard InChI is InChI=1S/C12H18N2O2S/c1-12(10-13,11-6-3-2-4-7-11)14-8-5-9-17(14,15)16/h2-4,6-7H,5,8-10,13H2,1H3. The van der Waals surface area contributed by atoms with Gasteiger partial charge in [0, 0.05) is 13.1 Å². The molecule has 1 saturated heterocycles. The molecule has 4 nitrogen and oxygen atoms in total. The van der Waals surface area contributed by atoms with Crippen molar-refractivity contribution < 1.29 is 8.42 Å². The Balaban J connectivity index is 2.45. The molecule has 17 heavy (non-hydrogen) atoms. The maximum absolute atomic E-state index is 12.0. The molecule has 1 atom stereocenters. The van der Waals surface area contributed by atoms with Crippen LogP contribution in [-0.2, 0) is 15.6 Å². The average Bonchev–Trinajstić information content (AvgIpc) is 2.70. The van der Waals surface area contributed by atoms with Crippen LogP contribution in [0.25, 0.3) is 0 Å². The average molecular weight is 254 g/mol. The van der Waals surface area contributed by atoms with E-state index >= 15 is 0 Å². The van der Waals surface area contributed by atoms with Crippen molar-refractivity contribution in [2.75, 3.05) is 18.8 Å². The number of nitrogens with zero attached hydrogens (tertiary/aromatic N) is 1. The Hall–Kier alpha value is -0.910. The van der Waals surface area contributed by atoms with Crippen molar-refractivity contribution in [3.8, 4) is 0 Å². The topological polar surface area (TPSA) is 63.4 Å². The molecule has 1 unspecified atom stereocenters. The van der Waals surface area contributed by atoms with E-state index in [0.717, 1.165) is 5.56 Å². The molecule has 0 aromatic heterocycles. The lowest BCUT2D eigenvalue weighted by Crippen LogP contribution is -2.49. The lowest BCUT2D eigenvalue weighted by atomic mass is 9.92. The first-order chi connectivity index (χ1) is 8.00. The zero-order valence-electron chi connectivity index (χ0n) is 9.96. The summed E-state index contributed by atoms with van der Waals surface area (Å²) < 4.78 is 25.6. The monoisotopic (exact) mass is 254 g/mol. The molecule has 1 heterocycles. The second-order valence-electron chi connectivity index (χ2n) is 4.59. The van der Waals surface area contributed by atoms with Crippen LogP contribution in [0, 0.1) is 0 Å². The van der Waals surface area contributed by atoms with Crippen molar-refractivity contribution in [2.24, 2.45) is 5.73 Å². The summed E-state index contributed by atoms with van der Waals surface area (Å²) in [5.41, 5.74) is 6.16. The van der Waals surface area contributed by atoms with E-state index in [9.17, 15) is 8.42 Å². The lowest BCUT2D eigenvalue weighted by Gasteiger charge is -2.37. The second kappa shape index (κ2) is 4.40. The lowest BCUT2D eigenvalue weighted by molar-refractivity contribution is 0.230. The molecular weight excluding hydrogens is 236 g/mol. The van der Waals surface area contributed by atoms with Crippen molar-refractivity contribution in [3.05, 3.63) is 35.9 Å². The van der Waals surface area contributed by atoms with Gasteiger partial charge in [-0.05, 0) is 18.9 Å². The summed E-state index contributed by atoms with van der Waals surface area (Å²) in [4.78, 5) is 0. The third-order valence-corrected chi connectivity index (χ3v) is 5.50. The van der Waals surface area contributed by atoms with Gasteiger partial charge in [-0.25, -0.2) is 8.42 Å². The van der Waals surface area contributed by atoms with Gasteiger partial charge in [0.2, 0.25) is 10.0 Å². The molecule has 0 radical (unpaired) electrons. The molecule has 1 fully saturated rings. The zero-order valence-corrected chi connectivity index (χ0v) is 10.8. The van der Waals surface area contributed by atoms with Gasteiger partial charge in [0.25, 0.3) is 0 Å². The Labute approximate surface area is 102 Å². The molecule has 0 aliphatic carbocycles. The minimum atomic E-state index is -3.15. The van der Waals surface area contributed by atoms with Crippen LogP contribution in [0.1, 0.15) is 18.9 Å². The second-order valence-corrected chi connectivity index (χ2v) is 6.60. The predicted octanol–water partition coefficient (Wildman–Crippen LogP) is 0.896. The van der Waals surface area contributed by atoms with Gasteiger partial charge < -0.3 is 5.73 Å². The number of rotatable bonds is 3. The van der Waals surface area contributed by atoms with E-state index in [1.165, 1.54) is 0 Å². The molecular formula is C12H18N2O2S. The van der Waals surface area contributed by atoms with E-state index in [0.29, 0.717) is 13.0 Å². The minimum absolute atomic E-state index is 0.232. The van der Waals surface area contributed by atoms with Gasteiger partial charge in [-0.15, -0.1) is 0 Å². The summed E-state index contributed by atoms with van der Waals surface area (Å²) in [6.45, 7) is 2.74. The maximum Gasteiger partial charge on any atom is 0.214 e. The molecule has 1 aromatic carbocycles. The molecule has 2 rings (SSSR count). The van der Waals surface area contributed by atoms with Gasteiger partial charge in [0.15, 0.2) is 0 Å². The Kier molecular flexibility index (Phi) is 3.25. The molecule has 0 saturated carbocycles. The summed E-state index contributed by atoms with van der Waals surface area (Å²) in [6.07, 6.45) is 0.685. The quantitative estimate of drug-likeness (QED) is 0.871. The minimum Gasteiger partial charge on any atom is -0.328 e. The van der Waals surface area contributed by atoms with Crippen LogP contribution in [0.4, 0.5) is 0 Å². The highest BCUT2D eigenvalue weighted by atomic mass is 32.2. The van der Waals surface area contributed by atoms with Crippen LogP contribution in [0.5, 0.6) is 0 Å². The van der Waals surface area contributed by atoms with E-state index < -0.39 is 15.6 Å². The molecule has 0 spiro atoms. The van der Waals surface area contributed by atoms with E-state index in [4.69, 9.17) is 5.73 Å². The van der Waals surface area contributed by atoms with Gasteiger partial charge in [-0.3, -0.25) is 0 Å². The number of hydrogen-bond acceptors (Lipinski definition) is 3. The first-order valence-corrected chi connectivity index (χ1v) is 7.38. The summed E-state index contributed by atoms with van der Waals surface area (Å²) in [6, 6.07) is 9.60. The Morgan fingerprint density at radius 2 is 2.00 bits per heavy atom. The van der Waals surface area contributed by atoms with Gasteiger partial charge >= 0.3 is 0 Å². The zero-order chi connectivity index (χ0) is 12.5. The predicted molar refractivity (Wildman–Crippen MR) is 68.0 cm³/mol. The van der Waals surface area contributed by atoms with Crippen LogP contribution >= 0.6 is 0 Å². The smallest absolute Gasteiger partial charge is 0.214 e. The SMILES string of the molecule is CC(CN)(c1ccccc1)N1CCCS1(=O)=O. The fraction of sp³-hybridized carbons (Fsp3) is 0.500. The normalized spacial score (nSPS) is 23.4. The van der Waals surface area contributed by atoms with Gasteiger partial charge in [-0.1, -0.05) is 30.3 Å². The molecule has 0 amide bonds. The molecule has 1 aliphatic rings. The molecule has 0 bridgehead atoms. The number of hydrogen-bond donors (Lipinski definition) is 1. The Morgan fingerprint density at radius 1 is 1.35 bits per heavy atom. The van der Waals surface area contributed by atoms with Crippen molar-refractivity contribution >= 4 is 10.0 Å². The van der Waals surface area contributed by atoms with Crippen molar-refractivity contribution in [3.63, 3.8) is 0 Å². The fourth-order valence-electron chi connectivity index (χ4n) is 2.35. The van der Waals surface area contributed by atoms with E-state index in [2.05, 4.69) is 0 Å². The first-order valence-electron chi connectivity index (χ1n) is 5.77. The van der Waals surface area contributed by atoms with Crippen molar-refractivity contribution in [1.82, 2.24) is 4.31 Å². The summed E-state index contributed by atoms with van der Waals surface area (Å²) in [5.74, 6) is 0.232. The van der Waals surface area contributed by atoms with E-state index in [1.807, 2.05) is 37.3 Å². The van der Waals surface area contributed by atoms with Crippen molar-refractivity contribution in [1.29, 1.82) is 0 Å². The van der Waals surface area contributed by atoms with Gasteiger partial charge in [-0.2, -0.15) is 4.31 Å². The highest BCUT2D eigenvalue weighted by Gasteiger charge is 2.42. The maximum atomic E-state index is 12.0. The summed E-state index contributed by atoms with van der Waals surface area (Å²) >= 11 is 0. The number of benzene rings is 1. The number of nitrogens with two attached hydrogens (primary N) is 1. The highest BCUT2D eigenvalue weighted by molar-refractivity contribution is 7.89. The molecule has 2 N–H and O–H groups in total. The molecule has 5 heteroatoms. The molecule has 94 valence electrons. The molecule has 1 aliphatic heterocycles. The largest absolute Gasteiger partial charge is 0.328 e. The van der Waals surface area contributed by atoms with Crippen molar-refractivity contribution in [2.45, 2.75) is 18.9 Å². The Morgan fingerprint density at radius 3 is 2.47 bits per heavy atom. The third kappa shape index (κ3) is 2.10. The third-order valence-electron chi connectivity index (χ3n) is 3.44. The highest BCUT2D eigenvalue weighted by Crippen LogP contribution is 2.33.